The minimum Gasteiger partial charge on any atom is -0.365 e. The van der Waals surface area contributed by atoms with Crippen molar-refractivity contribution in [2.45, 2.75) is 45.3 Å². The number of rotatable bonds is 7. The molecule has 1 fully saturated rings. The maximum Gasteiger partial charge on any atom is 0.211 e. The molecule has 0 atom stereocenters. The molecule has 6 rings (SSSR count). The molecule has 0 spiro atoms. The van der Waals surface area contributed by atoms with Gasteiger partial charge in [0.05, 0.1) is 0 Å². The fourth-order valence-electron chi connectivity index (χ4n) is 5.19. The van der Waals surface area contributed by atoms with Gasteiger partial charge in [0.2, 0.25) is 5.95 Å². The van der Waals surface area contributed by atoms with E-state index in [2.05, 4.69) is 91.4 Å². The van der Waals surface area contributed by atoms with Gasteiger partial charge in [-0.15, -0.1) is 0 Å². The Morgan fingerprint density at radius 1 is 0.892 bits per heavy atom. The summed E-state index contributed by atoms with van der Waals surface area (Å²) in [4.78, 5) is 21.3. The maximum atomic E-state index is 4.99. The summed E-state index contributed by atoms with van der Waals surface area (Å²) in [5.41, 5.74) is 2.97. The first-order valence-corrected chi connectivity index (χ1v) is 13.0. The highest BCUT2D eigenvalue weighted by atomic mass is 15.3. The Balaban J connectivity index is 1.24. The summed E-state index contributed by atoms with van der Waals surface area (Å²) >= 11 is 0. The van der Waals surface area contributed by atoms with Gasteiger partial charge in [0, 0.05) is 43.3 Å². The van der Waals surface area contributed by atoms with Crippen LogP contribution in [0.5, 0.6) is 0 Å². The van der Waals surface area contributed by atoms with Gasteiger partial charge in [-0.1, -0.05) is 54.6 Å². The normalized spacial score (nSPS) is 15.0. The molecule has 2 N–H and O–H groups in total. The lowest BCUT2D eigenvalue weighted by Gasteiger charge is -2.32. The van der Waals surface area contributed by atoms with E-state index in [1.807, 2.05) is 24.4 Å². The molecule has 5 aromatic rings. The number of pyridine rings is 1. The second kappa shape index (κ2) is 10.1. The largest absolute Gasteiger partial charge is 0.365 e. The predicted octanol–water partition coefficient (Wildman–Crippen LogP) is 5.78. The Labute approximate surface area is 216 Å². The van der Waals surface area contributed by atoms with Crippen molar-refractivity contribution >= 4 is 39.5 Å². The number of benzene rings is 2. The summed E-state index contributed by atoms with van der Waals surface area (Å²) < 4.78 is 2.12. The van der Waals surface area contributed by atoms with Gasteiger partial charge in [0.1, 0.15) is 12.1 Å². The summed E-state index contributed by atoms with van der Waals surface area (Å²) in [6, 6.07) is 21.5. The highest BCUT2D eigenvalue weighted by Gasteiger charge is 2.23. The van der Waals surface area contributed by atoms with E-state index in [4.69, 9.17) is 4.98 Å². The van der Waals surface area contributed by atoms with Crippen molar-refractivity contribution in [3.8, 4) is 0 Å². The second-order valence-corrected chi connectivity index (χ2v) is 9.98. The van der Waals surface area contributed by atoms with E-state index in [-0.39, 0.29) is 6.04 Å². The van der Waals surface area contributed by atoms with Crippen LogP contribution in [-0.2, 0) is 6.54 Å². The minimum absolute atomic E-state index is 0.159. The Kier molecular flexibility index (Phi) is 6.40. The lowest BCUT2D eigenvalue weighted by atomic mass is 10.0. The van der Waals surface area contributed by atoms with Crippen LogP contribution in [0, 0.1) is 0 Å². The number of aromatic nitrogens is 5. The number of hydrogen-bond acceptors (Lipinski definition) is 7. The van der Waals surface area contributed by atoms with Crippen LogP contribution in [0.15, 0.2) is 73.2 Å². The van der Waals surface area contributed by atoms with Gasteiger partial charge in [0.25, 0.3) is 0 Å². The van der Waals surface area contributed by atoms with Gasteiger partial charge in [-0.3, -0.25) is 9.47 Å². The van der Waals surface area contributed by atoms with Crippen molar-refractivity contribution in [3.63, 3.8) is 0 Å². The van der Waals surface area contributed by atoms with E-state index in [1.54, 1.807) is 6.33 Å². The molecule has 3 aromatic heterocycles. The van der Waals surface area contributed by atoms with Gasteiger partial charge in [-0.25, -0.2) is 19.9 Å². The highest BCUT2D eigenvalue weighted by Crippen LogP contribution is 2.31. The first-order valence-electron chi connectivity index (χ1n) is 13.0. The molecule has 0 bridgehead atoms. The van der Waals surface area contributed by atoms with E-state index < -0.39 is 0 Å². The van der Waals surface area contributed by atoms with Gasteiger partial charge < -0.3 is 10.6 Å². The van der Waals surface area contributed by atoms with Crippen LogP contribution in [0.1, 0.15) is 38.3 Å². The van der Waals surface area contributed by atoms with Crippen LogP contribution < -0.4 is 10.6 Å². The third-order valence-corrected chi connectivity index (χ3v) is 7.07. The predicted molar refractivity (Wildman–Crippen MR) is 149 cm³/mol. The average molecular weight is 493 g/mol. The van der Waals surface area contributed by atoms with Crippen LogP contribution in [-0.4, -0.2) is 48.5 Å². The third-order valence-electron chi connectivity index (χ3n) is 7.07. The topological polar surface area (TPSA) is 83.8 Å². The summed E-state index contributed by atoms with van der Waals surface area (Å²) in [6.07, 6.45) is 5.59. The van der Waals surface area contributed by atoms with Crippen LogP contribution >= 0.6 is 0 Å². The average Bonchev–Trinajstić information content (AvgIpc) is 3.30. The molecular formula is C29H32N8. The molecule has 0 saturated carbocycles. The van der Waals surface area contributed by atoms with Crippen LogP contribution in [0.2, 0.25) is 0 Å². The first kappa shape index (κ1) is 23.4. The van der Waals surface area contributed by atoms with Crippen molar-refractivity contribution in [2.24, 2.45) is 0 Å². The number of anilines is 3. The monoisotopic (exact) mass is 492 g/mol. The Bertz CT molecular complexity index is 1500. The SMILES string of the molecule is CC(C)n1c(Nc2nccc3ccccc23)nc2c(NC3CCN(Cc4ccccc4)CC3)ncnc21. The Morgan fingerprint density at radius 3 is 2.49 bits per heavy atom. The van der Waals surface area contributed by atoms with Crippen molar-refractivity contribution < 1.29 is 0 Å². The minimum atomic E-state index is 0.159. The van der Waals surface area contributed by atoms with E-state index in [0.717, 1.165) is 72.0 Å². The molecule has 1 aliphatic rings. The molecule has 0 radical (unpaired) electrons. The summed E-state index contributed by atoms with van der Waals surface area (Å²) in [5, 5.41) is 9.36. The number of fused-ring (bicyclic) bond motifs is 2. The molecular weight excluding hydrogens is 460 g/mol. The summed E-state index contributed by atoms with van der Waals surface area (Å²) in [7, 11) is 0. The Hall–Kier alpha value is -4.04. The number of hydrogen-bond donors (Lipinski definition) is 2. The van der Waals surface area contributed by atoms with Gasteiger partial charge in [0.15, 0.2) is 17.0 Å². The van der Waals surface area contributed by atoms with Crippen molar-refractivity contribution in [3.05, 3.63) is 78.8 Å². The van der Waals surface area contributed by atoms with Crippen LogP contribution in [0.3, 0.4) is 0 Å². The summed E-state index contributed by atoms with van der Waals surface area (Å²) in [5.74, 6) is 2.29. The fourth-order valence-corrected chi connectivity index (χ4v) is 5.19. The zero-order valence-electron chi connectivity index (χ0n) is 21.3. The molecule has 188 valence electrons. The molecule has 4 heterocycles. The number of imidazole rings is 1. The lowest BCUT2D eigenvalue weighted by molar-refractivity contribution is 0.211. The highest BCUT2D eigenvalue weighted by molar-refractivity contribution is 5.93. The standard InChI is InChI=1S/C29H32N8/c1-20(2)37-28-25(34-29(37)35-26-24-11-7-6-10-22(24)12-15-30-26)27(31-19-32-28)33-23-13-16-36(17-14-23)18-21-8-4-3-5-9-21/h3-12,15,19-20,23H,13-14,16-18H2,1-2H3,(H,30,34,35)(H,31,32,33). The maximum absolute atomic E-state index is 4.99. The van der Waals surface area contributed by atoms with Gasteiger partial charge in [-0.05, 0) is 43.7 Å². The smallest absolute Gasteiger partial charge is 0.211 e. The number of likely N-dealkylation sites (tertiary alicyclic amines) is 1. The first-order chi connectivity index (χ1) is 18.2. The van der Waals surface area contributed by atoms with Crippen LogP contribution in [0.4, 0.5) is 17.6 Å². The molecule has 37 heavy (non-hydrogen) atoms. The fraction of sp³-hybridized carbons (Fsp3) is 0.310. The number of nitrogens with one attached hydrogen (secondary N) is 2. The van der Waals surface area contributed by atoms with E-state index in [0.29, 0.717) is 6.04 Å². The molecule has 8 heteroatoms. The third kappa shape index (κ3) is 4.84. The molecule has 2 aromatic carbocycles. The molecule has 0 amide bonds. The molecule has 0 unspecified atom stereocenters. The van der Waals surface area contributed by atoms with Crippen molar-refractivity contribution in [1.29, 1.82) is 0 Å². The molecule has 1 aliphatic heterocycles. The molecule has 0 aliphatic carbocycles. The van der Waals surface area contributed by atoms with Crippen LogP contribution in [0.25, 0.3) is 21.9 Å². The Morgan fingerprint density at radius 2 is 1.68 bits per heavy atom. The van der Waals surface area contributed by atoms with Crippen molar-refractivity contribution in [2.75, 3.05) is 23.7 Å². The number of nitrogens with zero attached hydrogens (tertiary/aromatic N) is 6. The van der Waals surface area contributed by atoms with E-state index in [9.17, 15) is 0 Å². The number of piperidine rings is 1. The quantitative estimate of drug-likeness (QED) is 0.298. The van der Waals surface area contributed by atoms with E-state index >= 15 is 0 Å². The zero-order valence-corrected chi connectivity index (χ0v) is 21.3. The lowest BCUT2D eigenvalue weighted by Crippen LogP contribution is -2.38. The van der Waals surface area contributed by atoms with Gasteiger partial charge in [-0.2, -0.15) is 0 Å². The van der Waals surface area contributed by atoms with Crippen molar-refractivity contribution in [1.82, 2.24) is 29.4 Å². The zero-order chi connectivity index (χ0) is 25.2. The molecule has 8 nitrogen and oxygen atoms in total. The second-order valence-electron chi connectivity index (χ2n) is 9.98. The van der Waals surface area contributed by atoms with Gasteiger partial charge >= 0.3 is 0 Å². The summed E-state index contributed by atoms with van der Waals surface area (Å²) in [6.45, 7) is 7.39. The van der Waals surface area contributed by atoms with E-state index in [1.165, 1.54) is 5.56 Å². The molecule has 1 saturated heterocycles.